The first-order valence-electron chi connectivity index (χ1n) is 12.7. The van der Waals surface area contributed by atoms with Crippen LogP contribution in [0.5, 0.6) is 0 Å². The summed E-state index contributed by atoms with van der Waals surface area (Å²) in [6.45, 7) is 4.01. The second-order valence-electron chi connectivity index (χ2n) is 8.86. The molecule has 0 aliphatic carbocycles. The van der Waals surface area contributed by atoms with E-state index >= 15 is 0 Å². The molecule has 3 rings (SSSR count). The molecule has 1 aromatic heterocycles. The summed E-state index contributed by atoms with van der Waals surface area (Å²) in [6.07, 6.45) is 13.4. The Bertz CT molecular complexity index is 980. The summed E-state index contributed by atoms with van der Waals surface area (Å²) in [5.74, 6) is 1.16. The zero-order valence-corrected chi connectivity index (χ0v) is 20.7. The Morgan fingerprint density at radius 3 is 2.36 bits per heavy atom. The Kier molecular flexibility index (Phi) is 10.8. The number of hydrogen-bond acceptors (Lipinski definition) is 2. The van der Waals surface area contributed by atoms with Crippen molar-refractivity contribution in [2.75, 3.05) is 6.54 Å². The van der Waals surface area contributed by atoms with Gasteiger partial charge in [-0.15, -0.1) is 0 Å². The number of nitrogens with zero attached hydrogens (tertiary/aromatic N) is 2. The molecule has 0 saturated heterocycles. The first kappa shape index (κ1) is 25.3. The Balaban J connectivity index is 1.41. The number of para-hydroxylation sites is 2. The first-order valence-corrected chi connectivity index (χ1v) is 13.0. The molecule has 178 valence electrons. The predicted molar refractivity (Wildman–Crippen MR) is 139 cm³/mol. The largest absolute Gasteiger partial charge is 0.352 e. The molecule has 1 heterocycles. The van der Waals surface area contributed by atoms with Gasteiger partial charge in [0.25, 0.3) is 5.91 Å². The van der Waals surface area contributed by atoms with Gasteiger partial charge in [-0.05, 0) is 55.7 Å². The number of nitrogens with one attached hydrogen (secondary N) is 1. The van der Waals surface area contributed by atoms with Gasteiger partial charge in [0.1, 0.15) is 5.82 Å². The topological polar surface area (TPSA) is 46.9 Å². The lowest BCUT2D eigenvalue weighted by Gasteiger charge is -2.10. The van der Waals surface area contributed by atoms with E-state index in [9.17, 15) is 4.79 Å². The molecule has 0 atom stereocenters. The number of aryl methyl sites for hydroxylation is 2. The van der Waals surface area contributed by atoms with Crippen LogP contribution in [-0.2, 0) is 13.0 Å². The van der Waals surface area contributed by atoms with Crippen molar-refractivity contribution in [1.82, 2.24) is 14.9 Å². The van der Waals surface area contributed by atoms with Crippen LogP contribution in [0, 0.1) is 0 Å². The van der Waals surface area contributed by atoms with Crippen molar-refractivity contribution in [2.45, 2.75) is 84.1 Å². The van der Waals surface area contributed by atoms with Gasteiger partial charge >= 0.3 is 0 Å². The van der Waals surface area contributed by atoms with Crippen LogP contribution >= 0.6 is 11.6 Å². The van der Waals surface area contributed by atoms with E-state index in [0.717, 1.165) is 37.7 Å². The summed E-state index contributed by atoms with van der Waals surface area (Å²) in [7, 11) is 0. The normalized spacial score (nSPS) is 11.2. The zero-order valence-electron chi connectivity index (χ0n) is 20.0. The zero-order chi connectivity index (χ0) is 23.3. The number of halogens is 1. The van der Waals surface area contributed by atoms with E-state index in [-0.39, 0.29) is 5.91 Å². The third kappa shape index (κ3) is 8.19. The van der Waals surface area contributed by atoms with Gasteiger partial charge in [-0.1, -0.05) is 75.6 Å². The lowest BCUT2D eigenvalue weighted by Crippen LogP contribution is -2.24. The fourth-order valence-corrected chi connectivity index (χ4v) is 4.41. The number of hydrogen-bond donors (Lipinski definition) is 1. The molecule has 3 aromatic rings. The van der Waals surface area contributed by atoms with Crippen LogP contribution in [0.2, 0.25) is 5.02 Å². The van der Waals surface area contributed by atoms with E-state index in [0.29, 0.717) is 17.1 Å². The monoisotopic (exact) mass is 467 g/mol. The molecule has 0 bridgehead atoms. The Morgan fingerprint density at radius 1 is 0.879 bits per heavy atom. The SMILES string of the molecule is CCCCCCCCCn1c(CCCCCNC(=O)c2ccc(Cl)cc2)nc2ccccc21. The van der Waals surface area contributed by atoms with Gasteiger partial charge in [0.05, 0.1) is 11.0 Å². The molecular weight excluding hydrogens is 430 g/mol. The lowest BCUT2D eigenvalue weighted by molar-refractivity contribution is 0.0953. The highest BCUT2D eigenvalue weighted by Gasteiger charge is 2.10. The molecule has 2 aromatic carbocycles. The molecule has 5 heteroatoms. The molecule has 0 aliphatic heterocycles. The van der Waals surface area contributed by atoms with Gasteiger partial charge in [-0.25, -0.2) is 4.98 Å². The number of fused-ring (bicyclic) bond motifs is 1. The molecule has 0 unspecified atom stereocenters. The highest BCUT2D eigenvalue weighted by Crippen LogP contribution is 2.19. The summed E-state index contributed by atoms with van der Waals surface area (Å²) in [6, 6.07) is 15.5. The Hall–Kier alpha value is -2.33. The van der Waals surface area contributed by atoms with Crippen molar-refractivity contribution in [3.63, 3.8) is 0 Å². The molecule has 0 spiro atoms. The van der Waals surface area contributed by atoms with Crippen LogP contribution < -0.4 is 5.32 Å². The molecule has 0 aliphatic rings. The maximum atomic E-state index is 12.2. The predicted octanol–water partition coefficient (Wildman–Crippen LogP) is 7.58. The average Bonchev–Trinajstić information content (AvgIpc) is 3.18. The molecule has 4 nitrogen and oxygen atoms in total. The van der Waals surface area contributed by atoms with Gasteiger partial charge in [-0.3, -0.25) is 4.79 Å². The van der Waals surface area contributed by atoms with Gasteiger partial charge in [0, 0.05) is 30.1 Å². The minimum absolute atomic E-state index is 0.0387. The van der Waals surface area contributed by atoms with Crippen molar-refractivity contribution in [2.24, 2.45) is 0 Å². The molecule has 0 radical (unpaired) electrons. The second-order valence-corrected chi connectivity index (χ2v) is 9.30. The third-order valence-electron chi connectivity index (χ3n) is 6.19. The standard InChI is InChI=1S/C28H38ClN3O/c1-2-3-4-5-6-7-13-22-32-26-15-11-10-14-25(26)31-27(32)16-9-8-12-21-30-28(33)23-17-19-24(29)20-18-23/h10-11,14-15,17-20H,2-9,12-13,16,21-22H2,1H3,(H,30,33). The van der Waals surface area contributed by atoms with E-state index in [1.807, 2.05) is 0 Å². The molecule has 0 saturated carbocycles. The van der Waals surface area contributed by atoms with Crippen LogP contribution in [0.3, 0.4) is 0 Å². The van der Waals surface area contributed by atoms with Crippen molar-refractivity contribution in [3.8, 4) is 0 Å². The summed E-state index contributed by atoms with van der Waals surface area (Å²) < 4.78 is 2.43. The quantitative estimate of drug-likeness (QED) is 0.234. The van der Waals surface area contributed by atoms with Crippen LogP contribution in [0.1, 0.15) is 87.3 Å². The highest BCUT2D eigenvalue weighted by atomic mass is 35.5. The third-order valence-corrected chi connectivity index (χ3v) is 6.44. The van der Waals surface area contributed by atoms with Crippen molar-refractivity contribution in [1.29, 1.82) is 0 Å². The van der Waals surface area contributed by atoms with E-state index in [2.05, 4.69) is 41.1 Å². The summed E-state index contributed by atoms with van der Waals surface area (Å²) in [4.78, 5) is 17.1. The van der Waals surface area contributed by atoms with Gasteiger partial charge in [-0.2, -0.15) is 0 Å². The Morgan fingerprint density at radius 2 is 1.58 bits per heavy atom. The maximum Gasteiger partial charge on any atom is 0.251 e. The summed E-state index contributed by atoms with van der Waals surface area (Å²) in [5.41, 5.74) is 3.01. The number of aromatic nitrogens is 2. The minimum Gasteiger partial charge on any atom is -0.352 e. The number of rotatable bonds is 15. The van der Waals surface area contributed by atoms with Crippen LogP contribution in [0.15, 0.2) is 48.5 Å². The minimum atomic E-state index is -0.0387. The second kappa shape index (κ2) is 14.0. The highest BCUT2D eigenvalue weighted by molar-refractivity contribution is 6.30. The summed E-state index contributed by atoms with van der Waals surface area (Å²) >= 11 is 5.89. The van der Waals surface area contributed by atoms with Gasteiger partial charge in [0.2, 0.25) is 0 Å². The Labute approximate surface area is 203 Å². The molecule has 33 heavy (non-hydrogen) atoms. The molecule has 0 fully saturated rings. The van der Waals surface area contributed by atoms with Crippen LogP contribution in [0.4, 0.5) is 0 Å². The van der Waals surface area contributed by atoms with Crippen molar-refractivity contribution >= 4 is 28.5 Å². The number of amides is 1. The number of carbonyl (C=O) groups excluding carboxylic acids is 1. The van der Waals surface area contributed by atoms with Gasteiger partial charge < -0.3 is 9.88 Å². The average molecular weight is 468 g/mol. The van der Waals surface area contributed by atoms with Crippen molar-refractivity contribution < 1.29 is 4.79 Å². The fourth-order valence-electron chi connectivity index (χ4n) is 4.28. The smallest absolute Gasteiger partial charge is 0.251 e. The van der Waals surface area contributed by atoms with Crippen LogP contribution in [0.25, 0.3) is 11.0 Å². The van der Waals surface area contributed by atoms with E-state index < -0.39 is 0 Å². The van der Waals surface area contributed by atoms with E-state index in [1.54, 1.807) is 24.3 Å². The molecule has 1 amide bonds. The summed E-state index contributed by atoms with van der Waals surface area (Å²) in [5, 5.41) is 3.64. The fraction of sp³-hybridized carbons (Fsp3) is 0.500. The molecular formula is C28H38ClN3O. The van der Waals surface area contributed by atoms with Gasteiger partial charge in [0.15, 0.2) is 0 Å². The number of benzene rings is 2. The van der Waals surface area contributed by atoms with E-state index in [1.165, 1.54) is 56.3 Å². The van der Waals surface area contributed by atoms with Crippen molar-refractivity contribution in [3.05, 3.63) is 64.9 Å². The first-order chi connectivity index (χ1) is 16.2. The van der Waals surface area contributed by atoms with E-state index in [4.69, 9.17) is 16.6 Å². The lowest BCUT2D eigenvalue weighted by atomic mass is 10.1. The molecule has 1 N–H and O–H groups in total. The maximum absolute atomic E-state index is 12.2. The van der Waals surface area contributed by atoms with Crippen LogP contribution in [-0.4, -0.2) is 22.0 Å². The number of carbonyl (C=O) groups is 1. The number of unbranched alkanes of at least 4 members (excludes halogenated alkanes) is 8. The number of imidazole rings is 1.